The van der Waals surface area contributed by atoms with Crippen molar-refractivity contribution in [3.63, 3.8) is 0 Å². The first-order valence-electron chi connectivity index (χ1n) is 10.2. The van der Waals surface area contributed by atoms with Gasteiger partial charge in [-0.1, -0.05) is 43.4 Å². The Bertz CT molecular complexity index is 1080. The van der Waals surface area contributed by atoms with Crippen LogP contribution in [0.4, 0.5) is 0 Å². The number of benzene rings is 2. The van der Waals surface area contributed by atoms with Crippen molar-refractivity contribution in [1.82, 2.24) is 9.55 Å². The molecule has 3 rings (SSSR count). The number of rotatable bonds is 8. The molecule has 0 saturated carbocycles. The summed E-state index contributed by atoms with van der Waals surface area (Å²) in [7, 11) is -2.51. The van der Waals surface area contributed by atoms with Gasteiger partial charge in [0, 0.05) is 20.9 Å². The zero-order valence-corrected chi connectivity index (χ0v) is 20.5. The monoisotopic (exact) mass is 441 g/mol. The summed E-state index contributed by atoms with van der Waals surface area (Å²) in [4.78, 5) is 5.27. The van der Waals surface area contributed by atoms with Crippen LogP contribution in [0.3, 0.4) is 0 Å². The normalized spacial score (nSPS) is 13.4. The average Bonchev–Trinajstić information content (AvgIpc) is 3.04. The Balaban J connectivity index is 1.70. The van der Waals surface area contributed by atoms with Crippen LogP contribution in [0.5, 0.6) is 0 Å². The van der Waals surface area contributed by atoms with Crippen LogP contribution in [0.1, 0.15) is 22.3 Å². The highest BCUT2D eigenvalue weighted by Gasteiger charge is 2.13. The summed E-state index contributed by atoms with van der Waals surface area (Å²) in [5.74, 6) is 0. The predicted octanol–water partition coefficient (Wildman–Crippen LogP) is 5.42. The number of fused-ring (bicyclic) bond motifs is 1. The molecule has 0 N–H and O–H groups in total. The lowest BCUT2D eigenvalue weighted by Gasteiger charge is -2.15. The molecule has 0 radical (unpaired) electrons. The fourth-order valence-electron chi connectivity index (χ4n) is 3.41. The molecule has 0 aliphatic heterocycles. The number of imidazole rings is 1. The van der Waals surface area contributed by atoms with E-state index in [1.165, 1.54) is 5.56 Å². The molecule has 7 heteroatoms. The van der Waals surface area contributed by atoms with Gasteiger partial charge in [0.25, 0.3) is 0 Å². The Morgan fingerprint density at radius 3 is 2.50 bits per heavy atom. The molecule has 160 valence electrons. The second kappa shape index (κ2) is 9.37. The lowest BCUT2D eigenvalue weighted by atomic mass is 10.1. The smallest absolute Gasteiger partial charge is 0.173 e. The third-order valence-electron chi connectivity index (χ3n) is 4.95. The van der Waals surface area contributed by atoms with E-state index in [9.17, 15) is 4.21 Å². The Morgan fingerprint density at radius 2 is 1.83 bits per heavy atom. The van der Waals surface area contributed by atoms with Crippen LogP contribution in [0.25, 0.3) is 11.0 Å². The molecule has 0 unspecified atom stereocenters. The summed E-state index contributed by atoms with van der Waals surface area (Å²) in [6.45, 7) is 14.3. The lowest BCUT2D eigenvalue weighted by molar-refractivity contribution is 0.0898. The van der Waals surface area contributed by atoms with E-state index >= 15 is 0 Å². The molecule has 0 amide bonds. The van der Waals surface area contributed by atoms with Gasteiger partial charge in [-0.2, -0.15) is 4.40 Å². The van der Waals surface area contributed by atoms with E-state index in [1.807, 2.05) is 55.7 Å². The van der Waals surface area contributed by atoms with Gasteiger partial charge in [0.1, 0.15) is 6.73 Å². The molecule has 3 aromatic rings. The summed E-state index contributed by atoms with van der Waals surface area (Å²) < 4.78 is 24.9. The van der Waals surface area contributed by atoms with Gasteiger partial charge in [0.2, 0.25) is 0 Å². The van der Waals surface area contributed by atoms with Gasteiger partial charge >= 0.3 is 0 Å². The van der Waals surface area contributed by atoms with Crippen molar-refractivity contribution in [1.29, 1.82) is 0 Å². The lowest BCUT2D eigenvalue weighted by Crippen LogP contribution is -2.21. The maximum atomic E-state index is 12.7. The minimum absolute atomic E-state index is 0.504. The first-order valence-corrected chi connectivity index (χ1v) is 15.0. The van der Waals surface area contributed by atoms with Gasteiger partial charge in [-0.3, -0.25) is 0 Å². The Morgan fingerprint density at radius 1 is 1.13 bits per heavy atom. The van der Waals surface area contributed by atoms with Crippen LogP contribution < -0.4 is 0 Å². The second-order valence-electron chi connectivity index (χ2n) is 9.02. The molecule has 0 aliphatic carbocycles. The zero-order valence-electron chi connectivity index (χ0n) is 18.7. The molecular weight excluding hydrogens is 410 g/mol. The Labute approximate surface area is 182 Å². The highest BCUT2D eigenvalue weighted by molar-refractivity contribution is 7.84. The third-order valence-corrected chi connectivity index (χ3v) is 7.94. The van der Waals surface area contributed by atoms with Gasteiger partial charge in [-0.15, -0.1) is 0 Å². The minimum atomic E-state index is -1.43. The van der Waals surface area contributed by atoms with Gasteiger partial charge in [0.05, 0.1) is 22.3 Å². The molecule has 0 bridgehead atoms. The summed E-state index contributed by atoms with van der Waals surface area (Å²) in [6.07, 6.45) is 3.47. The van der Waals surface area contributed by atoms with Crippen molar-refractivity contribution in [2.45, 2.75) is 58.1 Å². The molecule has 30 heavy (non-hydrogen) atoms. The highest BCUT2D eigenvalue weighted by atomic mass is 32.2. The van der Waals surface area contributed by atoms with Crippen molar-refractivity contribution in [3.05, 3.63) is 58.9 Å². The fourth-order valence-corrected chi connectivity index (χ4v) is 5.16. The van der Waals surface area contributed by atoms with Crippen LogP contribution in [-0.4, -0.2) is 34.7 Å². The molecule has 0 spiro atoms. The van der Waals surface area contributed by atoms with Crippen LogP contribution in [0, 0.1) is 20.8 Å². The Kier molecular flexibility index (Phi) is 7.05. The fraction of sp³-hybridized carbons (Fsp3) is 0.391. The van der Waals surface area contributed by atoms with Crippen molar-refractivity contribution < 1.29 is 8.95 Å². The number of nitrogens with zero attached hydrogens (tertiary/aromatic N) is 3. The van der Waals surface area contributed by atoms with Gasteiger partial charge < -0.3 is 9.30 Å². The average molecular weight is 442 g/mol. The number of ether oxygens (including phenoxy) is 1. The van der Waals surface area contributed by atoms with Crippen molar-refractivity contribution in [2.24, 2.45) is 4.40 Å². The number of hydrogen-bond donors (Lipinski definition) is 0. The molecule has 2 aromatic carbocycles. The summed E-state index contributed by atoms with van der Waals surface area (Å²) >= 11 is 0. The molecule has 0 aliphatic rings. The molecule has 1 atom stereocenters. The third kappa shape index (κ3) is 5.74. The van der Waals surface area contributed by atoms with Crippen LogP contribution in [0.15, 0.2) is 46.0 Å². The van der Waals surface area contributed by atoms with E-state index in [-0.39, 0.29) is 0 Å². The largest absolute Gasteiger partial charge is 0.361 e. The standard InChI is InChI=1S/C23H31N3O2SSi/c1-17-11-18(2)23(19(3)12-17)29(27)25-14-20-7-8-22-21(13-20)24-15-26(22)16-28-9-10-30(4,5)6/h7-8,11-15H,9-10,16H2,1-6H3/b25-14+/t29-/m1/s1. The van der Waals surface area contributed by atoms with Gasteiger partial charge in [-0.05, 0) is 55.6 Å². The summed E-state index contributed by atoms with van der Waals surface area (Å²) in [5.41, 5.74) is 5.95. The van der Waals surface area contributed by atoms with Crippen molar-refractivity contribution in [2.75, 3.05) is 6.61 Å². The van der Waals surface area contributed by atoms with Crippen LogP contribution in [-0.2, 0) is 22.5 Å². The molecule has 5 nitrogen and oxygen atoms in total. The zero-order chi connectivity index (χ0) is 21.9. The van der Waals surface area contributed by atoms with E-state index in [4.69, 9.17) is 4.74 Å². The van der Waals surface area contributed by atoms with Crippen LogP contribution >= 0.6 is 0 Å². The first kappa shape index (κ1) is 22.6. The maximum Gasteiger partial charge on any atom is 0.173 e. The summed E-state index contributed by atoms with van der Waals surface area (Å²) in [5, 5.41) is 0. The second-order valence-corrected chi connectivity index (χ2v) is 15.8. The van der Waals surface area contributed by atoms with E-state index in [2.05, 4.69) is 29.0 Å². The van der Waals surface area contributed by atoms with E-state index < -0.39 is 19.1 Å². The van der Waals surface area contributed by atoms with Crippen LogP contribution in [0.2, 0.25) is 25.7 Å². The number of aryl methyl sites for hydroxylation is 3. The van der Waals surface area contributed by atoms with E-state index in [0.29, 0.717) is 6.73 Å². The minimum Gasteiger partial charge on any atom is -0.361 e. The van der Waals surface area contributed by atoms with Crippen molar-refractivity contribution in [3.8, 4) is 0 Å². The van der Waals surface area contributed by atoms with Gasteiger partial charge in [0.15, 0.2) is 11.0 Å². The Hall–Kier alpha value is -2.09. The van der Waals surface area contributed by atoms with Gasteiger partial charge in [-0.25, -0.2) is 9.19 Å². The highest BCUT2D eigenvalue weighted by Crippen LogP contribution is 2.21. The quantitative estimate of drug-likeness (QED) is 0.267. The predicted molar refractivity (Wildman–Crippen MR) is 128 cm³/mol. The maximum absolute atomic E-state index is 12.7. The molecule has 0 fully saturated rings. The SMILES string of the molecule is Cc1cc(C)c([S@@](=O)/N=C/c2ccc3c(c2)ncn3COCC[Si](C)(C)C)c(C)c1. The molecular formula is C23H31N3O2SSi. The first-order chi connectivity index (χ1) is 14.1. The molecule has 0 saturated heterocycles. The summed E-state index contributed by atoms with van der Waals surface area (Å²) in [6, 6.07) is 11.2. The van der Waals surface area contributed by atoms with E-state index in [0.717, 1.165) is 45.3 Å². The molecule has 1 heterocycles. The topological polar surface area (TPSA) is 56.5 Å². The van der Waals surface area contributed by atoms with Crippen molar-refractivity contribution >= 4 is 36.3 Å². The number of aromatic nitrogens is 2. The van der Waals surface area contributed by atoms with E-state index in [1.54, 1.807) is 12.5 Å². The number of hydrogen-bond acceptors (Lipinski definition) is 3. The molecule has 1 aromatic heterocycles.